The summed E-state index contributed by atoms with van der Waals surface area (Å²) in [6.45, 7) is 9.02. The van der Waals surface area contributed by atoms with Crippen LogP contribution in [0.2, 0.25) is 0 Å². The van der Waals surface area contributed by atoms with Gasteiger partial charge in [0.15, 0.2) is 0 Å². The average Bonchev–Trinajstić information content (AvgIpc) is 2.26. The summed E-state index contributed by atoms with van der Waals surface area (Å²) in [7, 11) is 0. The molecule has 0 bridgehead atoms. The molecule has 2 heterocycles. The second-order valence-corrected chi connectivity index (χ2v) is 5.15. The van der Waals surface area contributed by atoms with Gasteiger partial charge in [0.1, 0.15) is 0 Å². The maximum atomic E-state index is 4.59. The molecule has 1 aliphatic heterocycles. The fraction of sp³-hybridized carbons (Fsp3) is 0.700. The molecule has 1 saturated heterocycles. The molecule has 1 aromatic heterocycles. The van der Waals surface area contributed by atoms with E-state index in [0.717, 1.165) is 0 Å². The van der Waals surface area contributed by atoms with Crippen molar-refractivity contribution in [1.82, 2.24) is 9.88 Å². The molecule has 1 fully saturated rings. The minimum Gasteiger partial charge on any atom is -0.295 e. The van der Waals surface area contributed by atoms with E-state index in [1.807, 2.05) is 11.3 Å². The van der Waals surface area contributed by atoms with Gasteiger partial charge in [0, 0.05) is 18.0 Å². The zero-order valence-corrected chi connectivity index (χ0v) is 9.32. The molecule has 0 amide bonds. The Balaban J connectivity index is 2.18. The van der Waals surface area contributed by atoms with Gasteiger partial charge < -0.3 is 0 Å². The Morgan fingerprint density at radius 3 is 2.46 bits per heavy atom. The van der Waals surface area contributed by atoms with Crippen molar-refractivity contribution in [3.05, 3.63) is 15.6 Å². The van der Waals surface area contributed by atoms with Crippen molar-refractivity contribution in [2.24, 2.45) is 0 Å². The Bertz CT molecular complexity index is 302. The van der Waals surface area contributed by atoms with E-state index in [9.17, 15) is 0 Å². The van der Waals surface area contributed by atoms with Crippen molar-refractivity contribution in [1.29, 1.82) is 0 Å². The Labute approximate surface area is 83.6 Å². The SMILES string of the molecule is Cc1nc(C(C)N2CCC2)c(C)s1. The highest BCUT2D eigenvalue weighted by atomic mass is 32.1. The molecule has 0 spiro atoms. The first-order valence-corrected chi connectivity index (χ1v) is 5.68. The van der Waals surface area contributed by atoms with Crippen LogP contribution in [-0.4, -0.2) is 23.0 Å². The lowest BCUT2D eigenvalue weighted by molar-refractivity contribution is 0.126. The van der Waals surface area contributed by atoms with Gasteiger partial charge >= 0.3 is 0 Å². The van der Waals surface area contributed by atoms with Gasteiger partial charge in [-0.25, -0.2) is 4.98 Å². The molecule has 1 aliphatic rings. The molecule has 0 aromatic carbocycles. The van der Waals surface area contributed by atoms with E-state index in [-0.39, 0.29) is 0 Å². The van der Waals surface area contributed by atoms with E-state index in [1.54, 1.807) is 0 Å². The van der Waals surface area contributed by atoms with Gasteiger partial charge in [-0.15, -0.1) is 11.3 Å². The number of thiazole rings is 1. The summed E-state index contributed by atoms with van der Waals surface area (Å²) >= 11 is 1.81. The number of rotatable bonds is 2. The highest BCUT2D eigenvalue weighted by Crippen LogP contribution is 2.29. The molecular weight excluding hydrogens is 180 g/mol. The molecule has 72 valence electrons. The van der Waals surface area contributed by atoms with Crippen LogP contribution in [0.25, 0.3) is 0 Å². The van der Waals surface area contributed by atoms with Crippen molar-refractivity contribution in [2.45, 2.75) is 33.2 Å². The van der Waals surface area contributed by atoms with Gasteiger partial charge in [0.25, 0.3) is 0 Å². The highest BCUT2D eigenvalue weighted by Gasteiger charge is 2.24. The summed E-state index contributed by atoms with van der Waals surface area (Å²) in [6, 6.07) is 0.527. The summed E-state index contributed by atoms with van der Waals surface area (Å²) in [5.41, 5.74) is 1.29. The first-order chi connectivity index (χ1) is 6.18. The Morgan fingerprint density at radius 2 is 2.08 bits per heavy atom. The van der Waals surface area contributed by atoms with Gasteiger partial charge in [-0.1, -0.05) is 0 Å². The van der Waals surface area contributed by atoms with E-state index < -0.39 is 0 Å². The van der Waals surface area contributed by atoms with Crippen molar-refractivity contribution >= 4 is 11.3 Å². The summed E-state index contributed by atoms with van der Waals surface area (Å²) in [5, 5.41) is 1.19. The van der Waals surface area contributed by atoms with Crippen LogP contribution in [0.5, 0.6) is 0 Å². The van der Waals surface area contributed by atoms with Crippen LogP contribution in [0.3, 0.4) is 0 Å². The maximum absolute atomic E-state index is 4.59. The molecule has 1 aromatic rings. The van der Waals surface area contributed by atoms with Gasteiger partial charge in [-0.05, 0) is 27.2 Å². The van der Waals surface area contributed by atoms with Crippen LogP contribution in [0.15, 0.2) is 0 Å². The summed E-state index contributed by atoms with van der Waals surface area (Å²) in [5.74, 6) is 0. The Morgan fingerprint density at radius 1 is 1.38 bits per heavy atom. The van der Waals surface area contributed by atoms with Crippen molar-refractivity contribution in [2.75, 3.05) is 13.1 Å². The quantitative estimate of drug-likeness (QED) is 0.722. The van der Waals surface area contributed by atoms with Crippen molar-refractivity contribution in [3.63, 3.8) is 0 Å². The van der Waals surface area contributed by atoms with Gasteiger partial charge in [0.2, 0.25) is 0 Å². The van der Waals surface area contributed by atoms with Crippen LogP contribution in [0.4, 0.5) is 0 Å². The highest BCUT2D eigenvalue weighted by molar-refractivity contribution is 7.11. The standard InChI is InChI=1S/C10H16N2S/c1-7(12-5-4-6-12)10-8(2)13-9(3)11-10/h7H,4-6H2,1-3H3. The topological polar surface area (TPSA) is 16.1 Å². The van der Waals surface area contributed by atoms with Gasteiger partial charge in [0.05, 0.1) is 16.7 Å². The van der Waals surface area contributed by atoms with E-state index in [0.29, 0.717) is 6.04 Å². The summed E-state index contributed by atoms with van der Waals surface area (Å²) in [6.07, 6.45) is 1.35. The first kappa shape index (κ1) is 9.16. The number of likely N-dealkylation sites (tertiary alicyclic amines) is 1. The molecule has 0 N–H and O–H groups in total. The van der Waals surface area contributed by atoms with E-state index in [1.165, 1.54) is 35.1 Å². The lowest BCUT2D eigenvalue weighted by atomic mass is 10.1. The summed E-state index contributed by atoms with van der Waals surface area (Å²) < 4.78 is 0. The van der Waals surface area contributed by atoms with Crippen molar-refractivity contribution < 1.29 is 0 Å². The van der Waals surface area contributed by atoms with Crippen LogP contribution < -0.4 is 0 Å². The van der Waals surface area contributed by atoms with E-state index >= 15 is 0 Å². The minimum atomic E-state index is 0.527. The smallest absolute Gasteiger partial charge is 0.0900 e. The van der Waals surface area contributed by atoms with Crippen LogP contribution in [0, 0.1) is 13.8 Å². The minimum absolute atomic E-state index is 0.527. The van der Waals surface area contributed by atoms with Crippen LogP contribution in [-0.2, 0) is 0 Å². The molecule has 0 saturated carbocycles. The molecule has 0 aliphatic carbocycles. The zero-order chi connectivity index (χ0) is 9.42. The lowest BCUT2D eigenvalue weighted by Gasteiger charge is -2.35. The van der Waals surface area contributed by atoms with Gasteiger partial charge in [-0.3, -0.25) is 4.90 Å². The van der Waals surface area contributed by atoms with Crippen molar-refractivity contribution in [3.8, 4) is 0 Å². The molecule has 1 unspecified atom stereocenters. The number of nitrogens with zero attached hydrogens (tertiary/aromatic N) is 2. The molecule has 0 radical (unpaired) electrons. The lowest BCUT2D eigenvalue weighted by Crippen LogP contribution is -2.39. The second kappa shape index (κ2) is 3.39. The predicted octanol–water partition coefficient (Wildman–Crippen LogP) is 2.53. The zero-order valence-electron chi connectivity index (χ0n) is 8.50. The number of aromatic nitrogens is 1. The monoisotopic (exact) mass is 196 g/mol. The fourth-order valence-corrected chi connectivity index (χ4v) is 2.74. The van der Waals surface area contributed by atoms with E-state index in [2.05, 4.69) is 30.7 Å². The molecule has 2 rings (SSSR count). The third-order valence-corrected chi connectivity index (χ3v) is 3.68. The molecular formula is C10H16N2S. The average molecular weight is 196 g/mol. The third-order valence-electron chi connectivity index (χ3n) is 2.77. The van der Waals surface area contributed by atoms with Crippen LogP contribution in [0.1, 0.15) is 35.0 Å². The Hall–Kier alpha value is -0.410. The molecule has 3 heteroatoms. The molecule has 1 atom stereocenters. The second-order valence-electron chi connectivity index (χ2n) is 3.74. The molecule has 2 nitrogen and oxygen atoms in total. The predicted molar refractivity (Wildman–Crippen MR) is 56.2 cm³/mol. The molecule has 13 heavy (non-hydrogen) atoms. The Kier molecular flexibility index (Phi) is 2.39. The number of aryl methyl sites for hydroxylation is 2. The maximum Gasteiger partial charge on any atom is 0.0900 e. The fourth-order valence-electron chi connectivity index (χ4n) is 1.83. The number of hydrogen-bond donors (Lipinski definition) is 0. The normalized spacial score (nSPS) is 19.9. The summed E-state index contributed by atoms with van der Waals surface area (Å²) in [4.78, 5) is 8.46. The largest absolute Gasteiger partial charge is 0.295 e. The van der Waals surface area contributed by atoms with Gasteiger partial charge in [-0.2, -0.15) is 0 Å². The third kappa shape index (κ3) is 1.63. The number of hydrogen-bond acceptors (Lipinski definition) is 3. The first-order valence-electron chi connectivity index (χ1n) is 4.86. The van der Waals surface area contributed by atoms with Crippen LogP contribution >= 0.6 is 11.3 Å². The van der Waals surface area contributed by atoms with E-state index in [4.69, 9.17) is 0 Å².